The summed E-state index contributed by atoms with van der Waals surface area (Å²) in [6.45, 7) is 0.718. The SMILES string of the molecule is CNCCc1cccc(OC(F)(F)F)c1. The van der Waals surface area contributed by atoms with Crippen molar-refractivity contribution in [1.82, 2.24) is 5.32 Å². The zero-order chi connectivity index (χ0) is 11.3. The van der Waals surface area contributed by atoms with Gasteiger partial charge in [-0.25, -0.2) is 0 Å². The van der Waals surface area contributed by atoms with Crippen LogP contribution in [-0.2, 0) is 6.42 Å². The molecular weight excluding hydrogens is 207 g/mol. The minimum absolute atomic E-state index is 0.170. The lowest BCUT2D eigenvalue weighted by molar-refractivity contribution is -0.274. The summed E-state index contributed by atoms with van der Waals surface area (Å²) in [6.07, 6.45) is -3.95. The highest BCUT2D eigenvalue weighted by atomic mass is 19.4. The van der Waals surface area contributed by atoms with Gasteiger partial charge in [-0.05, 0) is 37.7 Å². The van der Waals surface area contributed by atoms with Gasteiger partial charge in [0, 0.05) is 0 Å². The lowest BCUT2D eigenvalue weighted by Crippen LogP contribution is -2.17. The minimum Gasteiger partial charge on any atom is -0.406 e. The molecule has 0 spiro atoms. The molecule has 0 aliphatic carbocycles. The maximum absolute atomic E-state index is 11.9. The molecule has 0 aliphatic heterocycles. The van der Waals surface area contributed by atoms with Crippen molar-refractivity contribution in [3.63, 3.8) is 0 Å². The third kappa shape index (κ3) is 4.69. The quantitative estimate of drug-likeness (QED) is 0.839. The molecule has 84 valence electrons. The van der Waals surface area contributed by atoms with Crippen molar-refractivity contribution in [2.45, 2.75) is 12.8 Å². The van der Waals surface area contributed by atoms with Gasteiger partial charge in [0.15, 0.2) is 0 Å². The zero-order valence-corrected chi connectivity index (χ0v) is 8.27. The lowest BCUT2D eigenvalue weighted by atomic mass is 10.1. The first-order chi connectivity index (χ1) is 7.01. The van der Waals surface area contributed by atoms with Gasteiger partial charge in [-0.15, -0.1) is 13.2 Å². The van der Waals surface area contributed by atoms with E-state index in [0.29, 0.717) is 6.42 Å². The van der Waals surface area contributed by atoms with Crippen LogP contribution < -0.4 is 10.1 Å². The largest absolute Gasteiger partial charge is 0.573 e. The molecule has 0 bridgehead atoms. The topological polar surface area (TPSA) is 21.3 Å². The summed E-state index contributed by atoms with van der Waals surface area (Å²) in [6, 6.07) is 5.99. The van der Waals surface area contributed by atoms with Crippen LogP contribution in [0, 0.1) is 0 Å². The highest BCUT2D eigenvalue weighted by molar-refractivity contribution is 5.28. The van der Waals surface area contributed by atoms with Gasteiger partial charge in [-0.2, -0.15) is 0 Å². The molecule has 0 fully saturated rings. The highest BCUT2D eigenvalue weighted by Gasteiger charge is 2.30. The molecule has 0 aromatic heterocycles. The van der Waals surface area contributed by atoms with Crippen molar-refractivity contribution in [2.75, 3.05) is 13.6 Å². The van der Waals surface area contributed by atoms with Gasteiger partial charge in [0.05, 0.1) is 0 Å². The zero-order valence-electron chi connectivity index (χ0n) is 8.27. The number of halogens is 3. The maximum Gasteiger partial charge on any atom is 0.573 e. The summed E-state index contributed by atoms with van der Waals surface area (Å²) in [7, 11) is 1.79. The molecule has 0 saturated heterocycles. The minimum atomic E-state index is -4.62. The van der Waals surface area contributed by atoms with Gasteiger partial charge in [-0.3, -0.25) is 0 Å². The first-order valence-corrected chi connectivity index (χ1v) is 4.50. The van der Waals surface area contributed by atoms with E-state index in [-0.39, 0.29) is 5.75 Å². The Morgan fingerprint density at radius 3 is 2.67 bits per heavy atom. The Balaban J connectivity index is 2.66. The fourth-order valence-electron chi connectivity index (χ4n) is 1.17. The lowest BCUT2D eigenvalue weighted by Gasteiger charge is -2.09. The number of ether oxygens (including phenoxy) is 1. The molecule has 1 rings (SSSR count). The van der Waals surface area contributed by atoms with E-state index in [1.165, 1.54) is 12.1 Å². The van der Waals surface area contributed by atoms with Gasteiger partial charge < -0.3 is 10.1 Å². The normalized spacial score (nSPS) is 11.5. The van der Waals surface area contributed by atoms with Crippen molar-refractivity contribution in [3.8, 4) is 5.75 Å². The predicted octanol–water partition coefficient (Wildman–Crippen LogP) is 2.35. The molecule has 0 unspecified atom stereocenters. The van der Waals surface area contributed by atoms with Crippen LogP contribution in [0.5, 0.6) is 5.75 Å². The van der Waals surface area contributed by atoms with Gasteiger partial charge in [0.2, 0.25) is 0 Å². The molecule has 0 aliphatic rings. The molecule has 1 aromatic carbocycles. The first-order valence-electron chi connectivity index (χ1n) is 4.50. The van der Waals surface area contributed by atoms with Crippen molar-refractivity contribution in [2.24, 2.45) is 0 Å². The van der Waals surface area contributed by atoms with Crippen LogP contribution in [0.3, 0.4) is 0 Å². The summed E-state index contributed by atoms with van der Waals surface area (Å²) in [5, 5.41) is 2.92. The number of rotatable bonds is 4. The van der Waals surface area contributed by atoms with Gasteiger partial charge in [0.1, 0.15) is 5.75 Å². The second kappa shape index (κ2) is 5.02. The molecule has 1 N–H and O–H groups in total. The van der Waals surface area contributed by atoms with Gasteiger partial charge in [0.25, 0.3) is 0 Å². The molecule has 15 heavy (non-hydrogen) atoms. The van der Waals surface area contributed by atoms with E-state index >= 15 is 0 Å². The van der Waals surface area contributed by atoms with Crippen LogP contribution in [0.25, 0.3) is 0 Å². The number of nitrogens with one attached hydrogen (secondary N) is 1. The van der Waals surface area contributed by atoms with Gasteiger partial charge in [-0.1, -0.05) is 12.1 Å². The first kappa shape index (κ1) is 11.8. The van der Waals surface area contributed by atoms with Crippen molar-refractivity contribution < 1.29 is 17.9 Å². The van der Waals surface area contributed by atoms with Crippen LogP contribution in [-0.4, -0.2) is 20.0 Å². The van der Waals surface area contributed by atoms with Crippen LogP contribution in [0.4, 0.5) is 13.2 Å². The molecule has 0 amide bonds. The number of hydrogen-bond donors (Lipinski definition) is 1. The standard InChI is InChI=1S/C10H12F3NO/c1-14-6-5-8-3-2-4-9(7-8)15-10(11,12)13/h2-4,7,14H,5-6H2,1H3. The molecule has 0 saturated carbocycles. The van der Waals surface area contributed by atoms with Crippen molar-refractivity contribution in [3.05, 3.63) is 29.8 Å². The van der Waals surface area contributed by atoms with Crippen molar-refractivity contribution in [1.29, 1.82) is 0 Å². The van der Waals surface area contributed by atoms with E-state index in [9.17, 15) is 13.2 Å². The summed E-state index contributed by atoms with van der Waals surface area (Å²) in [5.74, 6) is -0.170. The van der Waals surface area contributed by atoms with Crippen LogP contribution >= 0.6 is 0 Å². The molecule has 1 aromatic rings. The third-order valence-electron chi connectivity index (χ3n) is 1.80. The molecular formula is C10H12F3NO. The summed E-state index contributed by atoms with van der Waals surface area (Å²) >= 11 is 0. The van der Waals surface area contributed by atoms with Crippen molar-refractivity contribution >= 4 is 0 Å². The molecule has 0 atom stereocenters. The van der Waals surface area contributed by atoms with Crippen LogP contribution in [0.1, 0.15) is 5.56 Å². The monoisotopic (exact) mass is 219 g/mol. The second-order valence-electron chi connectivity index (χ2n) is 3.05. The number of alkyl halides is 3. The molecule has 0 radical (unpaired) electrons. The molecule has 5 heteroatoms. The number of benzene rings is 1. The Hall–Kier alpha value is -1.23. The average molecular weight is 219 g/mol. The Kier molecular flexibility index (Phi) is 3.96. The number of likely N-dealkylation sites (N-methyl/N-ethyl adjacent to an activating group) is 1. The fraction of sp³-hybridized carbons (Fsp3) is 0.400. The predicted molar refractivity (Wildman–Crippen MR) is 50.8 cm³/mol. The van der Waals surface area contributed by atoms with E-state index in [0.717, 1.165) is 12.1 Å². The Bertz CT molecular complexity index is 312. The van der Waals surface area contributed by atoms with E-state index in [1.54, 1.807) is 19.2 Å². The fourth-order valence-corrected chi connectivity index (χ4v) is 1.17. The maximum atomic E-state index is 11.9. The Labute approximate surface area is 86.1 Å². The highest BCUT2D eigenvalue weighted by Crippen LogP contribution is 2.23. The summed E-state index contributed by atoms with van der Waals surface area (Å²) < 4.78 is 39.5. The van der Waals surface area contributed by atoms with Crippen LogP contribution in [0.15, 0.2) is 24.3 Å². The Morgan fingerprint density at radius 2 is 2.07 bits per heavy atom. The van der Waals surface area contributed by atoms with E-state index < -0.39 is 6.36 Å². The summed E-state index contributed by atoms with van der Waals surface area (Å²) in [5.41, 5.74) is 0.811. The van der Waals surface area contributed by atoms with E-state index in [2.05, 4.69) is 10.1 Å². The second-order valence-corrected chi connectivity index (χ2v) is 3.05. The third-order valence-corrected chi connectivity index (χ3v) is 1.80. The molecule has 0 heterocycles. The average Bonchev–Trinajstić information content (AvgIpc) is 2.12. The smallest absolute Gasteiger partial charge is 0.406 e. The summed E-state index contributed by atoms with van der Waals surface area (Å²) in [4.78, 5) is 0. The van der Waals surface area contributed by atoms with Crippen LogP contribution in [0.2, 0.25) is 0 Å². The van der Waals surface area contributed by atoms with Gasteiger partial charge >= 0.3 is 6.36 Å². The van der Waals surface area contributed by atoms with E-state index in [4.69, 9.17) is 0 Å². The molecule has 2 nitrogen and oxygen atoms in total. The number of hydrogen-bond acceptors (Lipinski definition) is 2. The van der Waals surface area contributed by atoms with E-state index in [1.807, 2.05) is 0 Å². The Morgan fingerprint density at radius 1 is 1.33 bits per heavy atom.